The lowest BCUT2D eigenvalue weighted by Gasteiger charge is -2.32. The van der Waals surface area contributed by atoms with E-state index in [0.717, 1.165) is 0 Å². The highest BCUT2D eigenvalue weighted by Crippen LogP contribution is 2.39. The molecular formula is C11H8BrF3O3. The second-order valence-electron chi connectivity index (χ2n) is 3.98. The van der Waals surface area contributed by atoms with Gasteiger partial charge in [0.2, 0.25) is 6.10 Å². The Hall–Kier alpha value is -1.24. The molecule has 0 aliphatic carbocycles. The Morgan fingerprint density at radius 3 is 2.67 bits per heavy atom. The Balaban J connectivity index is 2.40. The zero-order valence-corrected chi connectivity index (χ0v) is 10.5. The van der Waals surface area contributed by atoms with Gasteiger partial charge in [-0.3, -0.25) is 4.79 Å². The summed E-state index contributed by atoms with van der Waals surface area (Å²) in [5.41, 5.74) is 0.456. The number of hydrogen-bond acceptors (Lipinski definition) is 2. The average Bonchev–Trinajstić information content (AvgIpc) is 2.25. The van der Waals surface area contributed by atoms with Crippen LogP contribution in [0, 0.1) is 5.92 Å². The molecule has 0 unspecified atom stereocenters. The maximum Gasteiger partial charge on any atom is 0.426 e. The second kappa shape index (κ2) is 4.46. The zero-order chi connectivity index (χ0) is 13.5. The number of ether oxygens (including phenoxy) is 1. The Bertz CT molecular complexity index is 487. The van der Waals surface area contributed by atoms with Crippen LogP contribution in [0.25, 0.3) is 0 Å². The lowest BCUT2D eigenvalue weighted by atomic mass is 9.90. The Morgan fingerprint density at radius 1 is 1.44 bits per heavy atom. The van der Waals surface area contributed by atoms with Crippen molar-refractivity contribution < 1.29 is 27.8 Å². The summed E-state index contributed by atoms with van der Waals surface area (Å²) in [4.78, 5) is 10.9. The molecule has 1 heterocycles. The molecule has 2 rings (SSSR count). The van der Waals surface area contributed by atoms with Crippen molar-refractivity contribution in [1.29, 1.82) is 0 Å². The minimum atomic E-state index is -4.70. The second-order valence-corrected chi connectivity index (χ2v) is 4.90. The Kier molecular flexibility index (Phi) is 3.27. The van der Waals surface area contributed by atoms with E-state index in [1.54, 1.807) is 12.1 Å². The van der Waals surface area contributed by atoms with Crippen LogP contribution in [0.1, 0.15) is 5.56 Å². The number of rotatable bonds is 1. The predicted octanol–water partition coefficient (Wildman–Crippen LogP) is 3.02. The molecule has 0 amide bonds. The van der Waals surface area contributed by atoms with Crippen LogP contribution in [0.2, 0.25) is 0 Å². The zero-order valence-electron chi connectivity index (χ0n) is 8.87. The third-order valence-electron chi connectivity index (χ3n) is 2.72. The molecule has 0 spiro atoms. The maximum absolute atomic E-state index is 12.7. The molecule has 0 aromatic heterocycles. The van der Waals surface area contributed by atoms with E-state index in [1.165, 1.54) is 6.07 Å². The van der Waals surface area contributed by atoms with Crippen LogP contribution in [0.4, 0.5) is 13.2 Å². The van der Waals surface area contributed by atoms with Gasteiger partial charge in [0, 0.05) is 4.47 Å². The molecule has 18 heavy (non-hydrogen) atoms. The fourth-order valence-electron chi connectivity index (χ4n) is 1.90. The summed E-state index contributed by atoms with van der Waals surface area (Å²) in [7, 11) is 0. The fraction of sp³-hybridized carbons (Fsp3) is 0.364. The third kappa shape index (κ3) is 2.45. The molecule has 0 saturated carbocycles. The summed E-state index contributed by atoms with van der Waals surface area (Å²) in [6, 6.07) is 4.52. The van der Waals surface area contributed by atoms with Crippen LogP contribution in [0.15, 0.2) is 22.7 Å². The van der Waals surface area contributed by atoms with Gasteiger partial charge in [-0.25, -0.2) is 0 Å². The van der Waals surface area contributed by atoms with Crippen molar-refractivity contribution in [2.45, 2.75) is 18.7 Å². The molecule has 1 aliphatic heterocycles. The highest BCUT2D eigenvalue weighted by Gasteiger charge is 2.52. The molecule has 1 aromatic carbocycles. The van der Waals surface area contributed by atoms with E-state index in [2.05, 4.69) is 15.9 Å². The average molecular weight is 325 g/mol. The number of carboxylic acid groups (broad SMARTS) is 1. The van der Waals surface area contributed by atoms with Crippen molar-refractivity contribution in [3.05, 3.63) is 28.2 Å². The summed E-state index contributed by atoms with van der Waals surface area (Å²) in [6.45, 7) is 0. The standard InChI is InChI=1S/C11H8BrF3O3/c12-6-1-2-8-5(3-6)4-7(10(16)17)9(18-8)11(13,14)15/h1-3,7,9H,4H2,(H,16,17)/t7-,9+/m1/s1. The van der Waals surface area contributed by atoms with E-state index in [-0.39, 0.29) is 12.2 Å². The molecule has 3 nitrogen and oxygen atoms in total. The normalized spacial score (nSPS) is 23.1. The highest BCUT2D eigenvalue weighted by atomic mass is 79.9. The number of hydrogen-bond donors (Lipinski definition) is 1. The van der Waals surface area contributed by atoms with Crippen LogP contribution in [0.3, 0.4) is 0 Å². The van der Waals surface area contributed by atoms with Crippen LogP contribution >= 0.6 is 15.9 Å². The topological polar surface area (TPSA) is 46.5 Å². The van der Waals surface area contributed by atoms with E-state index < -0.39 is 24.2 Å². The maximum atomic E-state index is 12.7. The van der Waals surface area contributed by atoms with E-state index in [1.807, 2.05) is 0 Å². The fourth-order valence-corrected chi connectivity index (χ4v) is 2.31. The largest absolute Gasteiger partial charge is 0.481 e. The minimum Gasteiger partial charge on any atom is -0.481 e. The lowest BCUT2D eigenvalue weighted by Crippen LogP contribution is -2.47. The molecule has 2 atom stereocenters. The van der Waals surface area contributed by atoms with Crippen molar-refractivity contribution in [2.24, 2.45) is 5.92 Å². The lowest BCUT2D eigenvalue weighted by molar-refractivity contribution is -0.217. The first-order valence-corrected chi connectivity index (χ1v) is 5.83. The van der Waals surface area contributed by atoms with Gasteiger partial charge < -0.3 is 9.84 Å². The van der Waals surface area contributed by atoms with Gasteiger partial charge in [-0.1, -0.05) is 15.9 Å². The van der Waals surface area contributed by atoms with Gasteiger partial charge in [-0.15, -0.1) is 0 Å². The highest BCUT2D eigenvalue weighted by molar-refractivity contribution is 9.10. The Labute approximate surface area is 109 Å². The number of aliphatic carboxylic acids is 1. The van der Waals surface area contributed by atoms with Crippen LogP contribution in [-0.4, -0.2) is 23.4 Å². The van der Waals surface area contributed by atoms with Gasteiger partial charge >= 0.3 is 12.1 Å². The van der Waals surface area contributed by atoms with Gasteiger partial charge in [0.25, 0.3) is 0 Å². The van der Waals surface area contributed by atoms with Gasteiger partial charge in [0.15, 0.2) is 0 Å². The molecular weight excluding hydrogens is 317 g/mol. The first-order valence-electron chi connectivity index (χ1n) is 5.03. The van der Waals surface area contributed by atoms with Gasteiger partial charge in [0.05, 0.1) is 0 Å². The molecule has 0 bridgehead atoms. The molecule has 0 fully saturated rings. The van der Waals surface area contributed by atoms with Gasteiger partial charge in [-0.05, 0) is 30.2 Å². The number of alkyl halides is 3. The summed E-state index contributed by atoms with van der Waals surface area (Å²) < 4.78 is 43.6. The minimum absolute atomic E-state index is 0.0815. The first-order chi connectivity index (χ1) is 8.29. The third-order valence-corrected chi connectivity index (χ3v) is 3.21. The molecule has 7 heteroatoms. The summed E-state index contributed by atoms with van der Waals surface area (Å²) in [6.07, 6.45) is -7.20. The van der Waals surface area contributed by atoms with Crippen molar-refractivity contribution in [2.75, 3.05) is 0 Å². The van der Waals surface area contributed by atoms with Gasteiger partial charge in [0.1, 0.15) is 11.7 Å². The van der Waals surface area contributed by atoms with Crippen LogP contribution in [-0.2, 0) is 11.2 Å². The molecule has 98 valence electrons. The summed E-state index contributed by atoms with van der Waals surface area (Å²) >= 11 is 3.18. The number of halogens is 4. The van der Waals surface area contributed by atoms with Crippen LogP contribution in [0.5, 0.6) is 5.75 Å². The Morgan fingerprint density at radius 2 is 2.11 bits per heavy atom. The number of carboxylic acids is 1. The number of fused-ring (bicyclic) bond motifs is 1. The summed E-state index contributed by atoms with van der Waals surface area (Å²) in [5, 5.41) is 8.88. The van der Waals surface area contributed by atoms with E-state index >= 15 is 0 Å². The van der Waals surface area contributed by atoms with Gasteiger partial charge in [-0.2, -0.15) is 13.2 Å². The van der Waals surface area contributed by atoms with E-state index in [4.69, 9.17) is 9.84 Å². The molecule has 0 radical (unpaired) electrons. The van der Waals surface area contributed by atoms with E-state index in [9.17, 15) is 18.0 Å². The smallest absolute Gasteiger partial charge is 0.426 e. The molecule has 1 aromatic rings. The first kappa shape index (κ1) is 13.2. The SMILES string of the molecule is O=C(O)[C@@H]1Cc2cc(Br)ccc2O[C@@H]1C(F)(F)F. The van der Waals surface area contributed by atoms with Crippen molar-refractivity contribution in [3.63, 3.8) is 0 Å². The molecule has 1 N–H and O–H groups in total. The summed E-state index contributed by atoms with van der Waals surface area (Å²) in [5.74, 6) is -3.05. The van der Waals surface area contributed by atoms with Crippen LogP contribution < -0.4 is 4.74 Å². The predicted molar refractivity (Wildman–Crippen MR) is 59.4 cm³/mol. The molecule has 1 aliphatic rings. The number of carbonyl (C=O) groups is 1. The molecule has 0 saturated heterocycles. The van der Waals surface area contributed by atoms with Crippen molar-refractivity contribution in [1.82, 2.24) is 0 Å². The quantitative estimate of drug-likeness (QED) is 0.863. The van der Waals surface area contributed by atoms with Crippen molar-refractivity contribution in [3.8, 4) is 5.75 Å². The number of benzene rings is 1. The van der Waals surface area contributed by atoms with Crippen molar-refractivity contribution >= 4 is 21.9 Å². The van der Waals surface area contributed by atoms with E-state index in [0.29, 0.717) is 10.0 Å². The monoisotopic (exact) mass is 324 g/mol.